The molecule has 1 amide bonds. The Kier molecular flexibility index (Phi) is 5.29. The van der Waals surface area contributed by atoms with Crippen LogP contribution in [0.3, 0.4) is 0 Å². The van der Waals surface area contributed by atoms with Crippen molar-refractivity contribution in [1.29, 1.82) is 0 Å². The number of hydrogen-bond donors (Lipinski definition) is 3. The van der Waals surface area contributed by atoms with E-state index in [4.69, 9.17) is 9.40 Å². The van der Waals surface area contributed by atoms with E-state index in [9.17, 15) is 4.79 Å². The fourth-order valence-electron chi connectivity index (χ4n) is 4.24. The molecule has 10 nitrogen and oxygen atoms in total. The third-order valence-electron chi connectivity index (χ3n) is 5.86. The van der Waals surface area contributed by atoms with Gasteiger partial charge in [-0.15, -0.1) is 0 Å². The lowest BCUT2D eigenvalue weighted by Gasteiger charge is -2.17. The Hall–Kier alpha value is -4.86. The topological polar surface area (TPSA) is 138 Å². The summed E-state index contributed by atoms with van der Waals surface area (Å²) in [5.74, 6) is 0.496. The van der Waals surface area contributed by atoms with Crippen LogP contribution in [0.5, 0.6) is 0 Å². The number of carbonyl (C=O) groups excluding carboxylic acids is 1. The number of anilines is 1. The molecule has 0 fully saturated rings. The predicted molar refractivity (Wildman–Crippen MR) is 140 cm³/mol. The summed E-state index contributed by atoms with van der Waals surface area (Å²) in [5.41, 5.74) is 7.21. The number of furan rings is 1. The minimum Gasteiger partial charge on any atom is -0.472 e. The zero-order chi connectivity index (χ0) is 25.6. The number of fused-ring (bicyclic) bond motifs is 2. The number of nitrogens with zero attached hydrogens (tertiary/aromatic N) is 5. The summed E-state index contributed by atoms with van der Waals surface area (Å²) in [4.78, 5) is 34.0. The third-order valence-corrected chi connectivity index (χ3v) is 5.86. The number of aromatic nitrogens is 7. The number of aromatic amines is 2. The van der Waals surface area contributed by atoms with Gasteiger partial charge in [0, 0.05) is 35.5 Å². The van der Waals surface area contributed by atoms with E-state index in [1.54, 1.807) is 31.1 Å². The van der Waals surface area contributed by atoms with E-state index in [-0.39, 0.29) is 11.3 Å². The third kappa shape index (κ3) is 4.44. The molecule has 6 aromatic rings. The maximum atomic E-state index is 12.4. The zero-order valence-electron chi connectivity index (χ0n) is 20.5. The molecule has 0 bridgehead atoms. The molecule has 0 radical (unpaired) electrons. The van der Waals surface area contributed by atoms with E-state index < -0.39 is 0 Å². The average Bonchev–Trinajstić information content (AvgIpc) is 3.61. The maximum absolute atomic E-state index is 12.4. The normalized spacial score (nSPS) is 11.9. The molecule has 6 heterocycles. The zero-order valence-corrected chi connectivity index (χ0v) is 20.5. The van der Waals surface area contributed by atoms with Crippen molar-refractivity contribution >= 4 is 33.8 Å². The first-order chi connectivity index (χ1) is 17.8. The van der Waals surface area contributed by atoms with Crippen molar-refractivity contribution in [3.8, 4) is 33.9 Å². The van der Waals surface area contributed by atoms with Crippen molar-refractivity contribution in [1.82, 2.24) is 35.1 Å². The summed E-state index contributed by atoms with van der Waals surface area (Å²) in [7, 11) is 0. The second-order valence-corrected chi connectivity index (χ2v) is 10.1. The van der Waals surface area contributed by atoms with E-state index >= 15 is 0 Å². The van der Waals surface area contributed by atoms with E-state index in [1.165, 1.54) is 0 Å². The number of hydrogen-bond acceptors (Lipinski definition) is 7. The Balaban J connectivity index is 1.36. The molecular weight excluding hydrogens is 468 g/mol. The molecule has 0 aliphatic heterocycles. The van der Waals surface area contributed by atoms with Gasteiger partial charge in [0.1, 0.15) is 5.52 Å². The number of rotatable bonds is 5. The maximum Gasteiger partial charge on any atom is 0.224 e. The molecule has 184 valence electrons. The predicted octanol–water partition coefficient (Wildman–Crippen LogP) is 5.59. The summed E-state index contributed by atoms with van der Waals surface area (Å²) >= 11 is 0. The van der Waals surface area contributed by atoms with Crippen molar-refractivity contribution in [3.63, 3.8) is 0 Å². The van der Waals surface area contributed by atoms with Gasteiger partial charge in [-0.05, 0) is 35.7 Å². The molecule has 6 aromatic heterocycles. The van der Waals surface area contributed by atoms with Crippen LogP contribution in [0.2, 0.25) is 0 Å². The summed E-state index contributed by atoms with van der Waals surface area (Å²) in [6.07, 6.45) is 8.79. The number of carbonyl (C=O) groups is 1. The summed E-state index contributed by atoms with van der Waals surface area (Å²) in [6, 6.07) is 9.47. The van der Waals surface area contributed by atoms with Gasteiger partial charge in [-0.25, -0.2) is 15.0 Å². The van der Waals surface area contributed by atoms with Crippen LogP contribution < -0.4 is 5.32 Å². The SMILES string of the molecule is CC(C)(C)CC(=O)Nc1cncc(-c2ccc3[nH]nc(-c4nc5nccc(-c6ccoc6)c5[nH]4)c3n2)c1. The molecular formula is C27H24N8O2. The molecule has 0 aliphatic carbocycles. The van der Waals surface area contributed by atoms with Crippen LogP contribution in [0.1, 0.15) is 27.2 Å². The van der Waals surface area contributed by atoms with Gasteiger partial charge in [0.15, 0.2) is 17.2 Å². The van der Waals surface area contributed by atoms with Gasteiger partial charge < -0.3 is 14.7 Å². The minimum absolute atomic E-state index is 0.0553. The van der Waals surface area contributed by atoms with Gasteiger partial charge in [-0.1, -0.05) is 20.8 Å². The van der Waals surface area contributed by atoms with Crippen LogP contribution in [-0.2, 0) is 4.79 Å². The number of nitrogens with one attached hydrogen (secondary N) is 3. The fraction of sp³-hybridized carbons (Fsp3) is 0.185. The van der Waals surface area contributed by atoms with E-state index in [0.29, 0.717) is 40.5 Å². The van der Waals surface area contributed by atoms with Crippen LogP contribution in [0.25, 0.3) is 56.1 Å². The summed E-state index contributed by atoms with van der Waals surface area (Å²) in [5, 5.41) is 10.4. The lowest BCUT2D eigenvalue weighted by atomic mass is 9.92. The molecule has 37 heavy (non-hydrogen) atoms. The largest absolute Gasteiger partial charge is 0.472 e. The Morgan fingerprint density at radius 2 is 1.97 bits per heavy atom. The molecule has 0 atom stereocenters. The highest BCUT2D eigenvalue weighted by atomic mass is 16.3. The second-order valence-electron chi connectivity index (χ2n) is 10.1. The number of pyridine rings is 3. The molecule has 0 unspecified atom stereocenters. The first-order valence-corrected chi connectivity index (χ1v) is 11.8. The molecule has 0 saturated carbocycles. The lowest BCUT2D eigenvalue weighted by molar-refractivity contribution is -0.117. The van der Waals surface area contributed by atoms with Gasteiger partial charge in [-0.3, -0.25) is 14.9 Å². The second kappa shape index (κ2) is 8.66. The highest BCUT2D eigenvalue weighted by Gasteiger charge is 2.19. The first kappa shape index (κ1) is 22.6. The fourth-order valence-corrected chi connectivity index (χ4v) is 4.24. The Bertz CT molecular complexity index is 1740. The van der Waals surface area contributed by atoms with Crippen LogP contribution in [0.15, 0.2) is 65.9 Å². The minimum atomic E-state index is -0.106. The van der Waals surface area contributed by atoms with Crippen molar-refractivity contribution in [2.75, 3.05) is 5.32 Å². The van der Waals surface area contributed by atoms with E-state index in [1.807, 2.05) is 51.1 Å². The summed E-state index contributed by atoms with van der Waals surface area (Å²) < 4.78 is 5.25. The monoisotopic (exact) mass is 492 g/mol. The highest BCUT2D eigenvalue weighted by Crippen LogP contribution is 2.31. The molecule has 0 aliphatic rings. The van der Waals surface area contributed by atoms with Crippen LogP contribution >= 0.6 is 0 Å². The number of imidazole rings is 1. The van der Waals surface area contributed by atoms with Gasteiger partial charge in [0.2, 0.25) is 5.91 Å². The van der Waals surface area contributed by atoms with Crippen molar-refractivity contribution < 1.29 is 9.21 Å². The van der Waals surface area contributed by atoms with Crippen molar-refractivity contribution in [2.24, 2.45) is 5.41 Å². The molecule has 3 N–H and O–H groups in total. The van der Waals surface area contributed by atoms with Crippen molar-refractivity contribution in [3.05, 3.63) is 61.4 Å². The lowest BCUT2D eigenvalue weighted by Crippen LogP contribution is -2.19. The van der Waals surface area contributed by atoms with E-state index in [0.717, 1.165) is 27.7 Å². The standard InChI is InChI=1S/C27H24N8O2/c1-27(2,3)11-21(36)30-17-10-16(12-28-13-17)19-4-5-20-23(31-19)24(35-34-20)26-32-22-18(15-7-9-37-14-15)6-8-29-25(22)33-26/h4-10,12-14H,11H2,1-3H3,(H,30,36)(H,34,35)(H,29,32,33). The quantitative estimate of drug-likeness (QED) is 0.285. The van der Waals surface area contributed by atoms with Gasteiger partial charge >= 0.3 is 0 Å². The molecule has 0 aromatic carbocycles. The van der Waals surface area contributed by atoms with Crippen molar-refractivity contribution in [2.45, 2.75) is 27.2 Å². The van der Waals surface area contributed by atoms with E-state index in [2.05, 4.69) is 35.5 Å². The Labute approximate surface area is 211 Å². The van der Waals surface area contributed by atoms with Crippen LogP contribution in [-0.4, -0.2) is 41.0 Å². The number of H-pyrrole nitrogens is 2. The highest BCUT2D eigenvalue weighted by molar-refractivity contribution is 5.95. The van der Waals surface area contributed by atoms with Gasteiger partial charge in [0.05, 0.1) is 41.1 Å². The van der Waals surface area contributed by atoms with Crippen LogP contribution in [0.4, 0.5) is 5.69 Å². The molecule has 10 heteroatoms. The van der Waals surface area contributed by atoms with Gasteiger partial charge in [0.25, 0.3) is 0 Å². The van der Waals surface area contributed by atoms with Crippen LogP contribution in [0, 0.1) is 5.41 Å². The van der Waals surface area contributed by atoms with Gasteiger partial charge in [-0.2, -0.15) is 5.10 Å². The Morgan fingerprint density at radius 1 is 1.08 bits per heavy atom. The molecule has 6 rings (SSSR count). The average molecular weight is 493 g/mol. The molecule has 0 saturated heterocycles. The summed E-state index contributed by atoms with van der Waals surface area (Å²) in [6.45, 7) is 6.08. The Morgan fingerprint density at radius 3 is 2.78 bits per heavy atom. The first-order valence-electron chi connectivity index (χ1n) is 11.8. The number of amides is 1. The molecule has 0 spiro atoms. The smallest absolute Gasteiger partial charge is 0.224 e.